The van der Waals surface area contributed by atoms with E-state index >= 15 is 0 Å². The molecule has 0 bridgehead atoms. The number of aliphatic hydroxyl groups is 6. The predicted molar refractivity (Wildman–Crippen MR) is 304 cm³/mol. The van der Waals surface area contributed by atoms with E-state index in [2.05, 4.69) is 71.0 Å². The standard InChI is InChI=1S/C54H81N19O13/c1-69-12-14-70(15-13-69)31-8-11-35-36(18-31)62-51(61-35)27-6-9-32(10-7-27)80-26-30-24-72(67-65-30)17-16-71-22-28(63-66-71)4-2-3-5-29-23-73(68-64-29)25-39-49(85-53-41(60)46(78)44(76)38(21-56)82-53)47(79)54(83-39)86-50-42(74)33(57)19-34(58)48(50)84-52-40(59)45(77)43(75)37(20-55)81-52/h6-11,18,22-24,33-34,37-50,52-54,74-79H,2-5,12-17,19-21,25-26,55-60H2,1H3,(H,61,62)/t33-,34+,37-,38+,39-,40-,41-,42+,43-,44-,45-,46-,47-,48-,49-,50-,52-,53-,54+/m1/s1. The summed E-state index contributed by atoms with van der Waals surface area (Å²) in [5.74, 6) is 1.50. The largest absolute Gasteiger partial charge is 0.487 e. The number of aliphatic hydroxyl groups excluding tert-OH is 6. The quantitative estimate of drug-likeness (QED) is 0.0267. The summed E-state index contributed by atoms with van der Waals surface area (Å²) in [7, 11) is 2.16. The zero-order valence-electron chi connectivity index (χ0n) is 47.7. The van der Waals surface area contributed by atoms with Gasteiger partial charge in [-0.2, -0.15) is 0 Å². The molecule has 2 aromatic carbocycles. The number of benzene rings is 2. The van der Waals surface area contributed by atoms with E-state index in [1.165, 1.54) is 10.4 Å². The number of nitrogens with one attached hydrogen (secondary N) is 1. The maximum Gasteiger partial charge on any atom is 0.187 e. The molecule has 4 saturated heterocycles. The van der Waals surface area contributed by atoms with Crippen molar-refractivity contribution in [2.45, 2.75) is 175 Å². The van der Waals surface area contributed by atoms with Crippen LogP contribution in [0.25, 0.3) is 22.4 Å². The third-order valence-corrected chi connectivity index (χ3v) is 16.8. The van der Waals surface area contributed by atoms with E-state index < -0.39 is 116 Å². The minimum atomic E-state index is -1.62. The van der Waals surface area contributed by atoms with Crippen LogP contribution in [0.3, 0.4) is 0 Å². The van der Waals surface area contributed by atoms with Gasteiger partial charge < -0.3 is 113 Å². The summed E-state index contributed by atoms with van der Waals surface area (Å²) in [6, 6.07) is 9.88. The highest BCUT2D eigenvalue weighted by atomic mass is 16.8. The monoisotopic (exact) mass is 1200 g/mol. The van der Waals surface area contributed by atoms with Gasteiger partial charge in [-0.25, -0.2) is 9.67 Å². The third kappa shape index (κ3) is 13.9. The predicted octanol–water partition coefficient (Wildman–Crippen LogP) is -5.27. The Morgan fingerprint density at radius 2 is 1.15 bits per heavy atom. The van der Waals surface area contributed by atoms with Gasteiger partial charge in [0.25, 0.3) is 0 Å². The minimum Gasteiger partial charge on any atom is -0.487 e. The number of hydrogen-bond donors (Lipinski definition) is 13. The lowest BCUT2D eigenvalue weighted by Crippen LogP contribution is -2.68. The summed E-state index contributed by atoms with van der Waals surface area (Å²) in [6.07, 6.45) is -11.8. The van der Waals surface area contributed by atoms with Gasteiger partial charge in [0.05, 0.1) is 66.4 Å². The molecule has 470 valence electrons. The van der Waals surface area contributed by atoms with Gasteiger partial charge in [-0.3, -0.25) is 9.36 Å². The molecule has 86 heavy (non-hydrogen) atoms. The van der Waals surface area contributed by atoms with Crippen molar-refractivity contribution >= 4 is 16.7 Å². The van der Waals surface area contributed by atoms with Crippen LogP contribution in [0.1, 0.15) is 36.3 Å². The molecule has 5 aliphatic rings. The van der Waals surface area contributed by atoms with Gasteiger partial charge in [0.15, 0.2) is 18.9 Å². The first-order valence-corrected chi connectivity index (χ1v) is 29.3. The number of anilines is 1. The SMILES string of the molecule is CN1CCN(c2ccc3nc(-c4ccc(OCc5cn(CCn6cc(CCCCc7cn(C[C@H]8O[C@@H](O[C@@H]9[C@@H](O)[C@H](N)C[C@H](N)[C@H]9O[C@H]9O[C@H](CN)[C@@H](O)[C@H](O)[C@H]9N)[C@H](O)[C@@H]8O[C@H]8O[C@@H](CN)[C@@H](O)[C@H](O)[C@H]8N)nn7)nn6)nn5)cc4)[nH]c3c2)CC1. The lowest BCUT2D eigenvalue weighted by Gasteiger charge is -2.47. The van der Waals surface area contributed by atoms with Crippen LogP contribution in [0, 0.1) is 0 Å². The first-order chi connectivity index (χ1) is 41.5. The number of aryl methyl sites for hydroxylation is 4. The molecule has 11 rings (SSSR count). The Morgan fingerprint density at radius 3 is 1.78 bits per heavy atom. The average Bonchev–Trinajstić information content (AvgIpc) is 2.37. The van der Waals surface area contributed by atoms with Gasteiger partial charge in [0, 0.05) is 75.0 Å². The zero-order chi connectivity index (χ0) is 60.3. The first-order valence-electron chi connectivity index (χ1n) is 29.3. The first kappa shape index (κ1) is 61.8. The lowest BCUT2D eigenvalue weighted by atomic mass is 9.84. The van der Waals surface area contributed by atoms with Gasteiger partial charge >= 0.3 is 0 Å². The summed E-state index contributed by atoms with van der Waals surface area (Å²) in [6.45, 7) is 4.99. The van der Waals surface area contributed by atoms with Crippen LogP contribution >= 0.6 is 0 Å². The number of rotatable bonds is 23. The van der Waals surface area contributed by atoms with Crippen LogP contribution in [0.5, 0.6) is 5.75 Å². The summed E-state index contributed by atoms with van der Waals surface area (Å²) < 4.78 is 47.9. The smallest absolute Gasteiger partial charge is 0.187 e. The molecule has 8 heterocycles. The topological polar surface area (TPSA) is 469 Å². The van der Waals surface area contributed by atoms with Crippen LogP contribution in [0.2, 0.25) is 0 Å². The molecule has 0 amide bonds. The number of aromatic amines is 1. The van der Waals surface area contributed by atoms with Crippen LogP contribution in [-0.2, 0) is 67.5 Å². The molecular weight excluding hydrogens is 1120 g/mol. The Kier molecular flexibility index (Phi) is 19.6. The molecular formula is C54H81N19O13. The Morgan fingerprint density at radius 1 is 0.593 bits per heavy atom. The molecule has 19 N–H and O–H groups in total. The van der Waals surface area contributed by atoms with Gasteiger partial charge in [0.2, 0.25) is 0 Å². The number of ether oxygens (including phenoxy) is 7. The second-order valence-electron chi connectivity index (χ2n) is 23.0. The summed E-state index contributed by atoms with van der Waals surface area (Å²) in [5.41, 5.74) is 43.3. The van der Waals surface area contributed by atoms with E-state index in [1.807, 2.05) is 36.7 Å². The van der Waals surface area contributed by atoms with Crippen LogP contribution in [0.4, 0.5) is 5.69 Å². The number of piperazine rings is 1. The van der Waals surface area contributed by atoms with Crippen LogP contribution in [0.15, 0.2) is 61.1 Å². The number of nitrogens with zero attached hydrogens (tertiary/aromatic N) is 12. The van der Waals surface area contributed by atoms with Gasteiger partial charge in [-0.05, 0) is 81.6 Å². The third-order valence-electron chi connectivity index (χ3n) is 16.8. The number of imidazole rings is 1. The van der Waals surface area contributed by atoms with Crippen molar-refractivity contribution in [3.63, 3.8) is 0 Å². The molecule has 1 aliphatic carbocycles. The van der Waals surface area contributed by atoms with E-state index in [0.29, 0.717) is 43.1 Å². The highest BCUT2D eigenvalue weighted by Gasteiger charge is 2.55. The maximum absolute atomic E-state index is 12.0. The van der Waals surface area contributed by atoms with Crippen LogP contribution in [-0.4, -0.2) is 253 Å². The second-order valence-corrected chi connectivity index (χ2v) is 23.0. The van der Waals surface area contributed by atoms with Gasteiger partial charge in [0.1, 0.15) is 91.0 Å². The van der Waals surface area contributed by atoms with E-state index in [-0.39, 0.29) is 32.7 Å². The molecule has 5 fully saturated rings. The molecule has 32 heteroatoms. The molecule has 0 spiro atoms. The van der Waals surface area contributed by atoms with Crippen molar-refractivity contribution in [1.29, 1.82) is 0 Å². The molecule has 0 radical (unpaired) electrons. The summed E-state index contributed by atoms with van der Waals surface area (Å²) >= 11 is 0. The number of fused-ring (bicyclic) bond motifs is 1. The molecule has 19 atom stereocenters. The number of aromatic nitrogens is 11. The number of unbranched alkanes of at least 4 members (excludes halogenated alkanes) is 1. The number of likely N-dealkylation sites (N-methyl/N-ethyl adjacent to an activating group) is 1. The molecule has 1 saturated carbocycles. The lowest BCUT2D eigenvalue weighted by molar-refractivity contribution is -0.306. The summed E-state index contributed by atoms with van der Waals surface area (Å²) in [5, 5.41) is 91.9. The number of hydrogen-bond acceptors (Lipinski definition) is 28. The van der Waals surface area contributed by atoms with E-state index in [4.69, 9.17) is 72.5 Å². The normalized spacial score (nSPS) is 33.7. The fraction of sp³-hybridized carbons (Fsp3) is 0.648. The van der Waals surface area contributed by atoms with E-state index in [1.54, 1.807) is 15.6 Å². The Labute approximate surface area is 494 Å². The minimum absolute atomic E-state index is 0.0501. The highest BCUT2D eigenvalue weighted by molar-refractivity contribution is 5.83. The van der Waals surface area contributed by atoms with Crippen molar-refractivity contribution in [3.8, 4) is 17.1 Å². The average molecular weight is 1200 g/mol. The molecule has 4 aliphatic heterocycles. The highest BCUT2D eigenvalue weighted by Crippen LogP contribution is 2.36. The van der Waals surface area contributed by atoms with Gasteiger partial charge in [-0.15, -0.1) is 15.3 Å². The molecule has 32 nitrogen and oxygen atoms in total. The number of nitrogens with two attached hydrogens (primary N) is 6. The van der Waals surface area contributed by atoms with Crippen molar-refractivity contribution in [3.05, 3.63) is 78.1 Å². The van der Waals surface area contributed by atoms with Crippen LogP contribution < -0.4 is 44.0 Å². The van der Waals surface area contributed by atoms with E-state index in [9.17, 15) is 30.6 Å². The fourth-order valence-electron chi connectivity index (χ4n) is 11.6. The van der Waals surface area contributed by atoms with Crippen molar-refractivity contribution in [2.24, 2.45) is 34.4 Å². The van der Waals surface area contributed by atoms with Gasteiger partial charge in [-0.1, -0.05) is 15.6 Å². The van der Waals surface area contributed by atoms with E-state index in [0.717, 1.165) is 67.1 Å². The Balaban J connectivity index is 0.651. The van der Waals surface area contributed by atoms with Crippen molar-refractivity contribution in [1.82, 2.24) is 59.8 Å². The molecule has 4 aromatic heterocycles. The Hall–Kier alpha value is -5.83. The fourth-order valence-corrected chi connectivity index (χ4v) is 11.6. The van der Waals surface area contributed by atoms with Crippen molar-refractivity contribution < 1.29 is 63.8 Å². The maximum atomic E-state index is 12.0. The number of H-pyrrole nitrogens is 1. The zero-order valence-corrected chi connectivity index (χ0v) is 47.7. The molecule has 0 unspecified atom stereocenters. The Bertz CT molecular complexity index is 3110. The summed E-state index contributed by atoms with van der Waals surface area (Å²) in [4.78, 5) is 13.1. The second kappa shape index (κ2) is 27.3. The van der Waals surface area contributed by atoms with Crippen molar-refractivity contribution in [2.75, 3.05) is 51.2 Å². The molecule has 6 aromatic rings.